The highest BCUT2D eigenvalue weighted by molar-refractivity contribution is 7.99. The van der Waals surface area contributed by atoms with Gasteiger partial charge in [-0.2, -0.15) is 0 Å². The van der Waals surface area contributed by atoms with Crippen molar-refractivity contribution in [1.82, 2.24) is 20.1 Å². The average molecular weight is 445 g/mol. The van der Waals surface area contributed by atoms with Crippen LogP contribution >= 0.6 is 11.8 Å². The van der Waals surface area contributed by atoms with Crippen molar-refractivity contribution >= 4 is 29.3 Å². The standard InChI is InChI=1S/C21H21F2N5O2S/c1-3-28-18(11-24-20(30)14-5-8-15(22)9-6-14)26-27-21(28)31-12-19(29)25-17-10-16(23)7-4-13(17)2/h4-10H,3,11-12H2,1-2H3,(H,24,30)(H,25,29). The van der Waals surface area contributed by atoms with E-state index in [9.17, 15) is 18.4 Å². The second-order valence-corrected chi connectivity index (χ2v) is 7.57. The third kappa shape index (κ3) is 5.88. The van der Waals surface area contributed by atoms with Crippen LogP contribution in [-0.4, -0.2) is 32.3 Å². The third-order valence-corrected chi connectivity index (χ3v) is 5.40. The fourth-order valence-corrected chi connectivity index (χ4v) is 3.60. The van der Waals surface area contributed by atoms with Crippen molar-refractivity contribution in [3.8, 4) is 0 Å². The quantitative estimate of drug-likeness (QED) is 0.518. The predicted octanol–water partition coefficient (Wildman–Crippen LogP) is 3.55. The fourth-order valence-electron chi connectivity index (χ4n) is 2.78. The molecule has 3 rings (SSSR count). The number of anilines is 1. The minimum atomic E-state index is -0.424. The lowest BCUT2D eigenvalue weighted by atomic mass is 10.2. The van der Waals surface area contributed by atoms with Gasteiger partial charge in [-0.15, -0.1) is 10.2 Å². The molecule has 2 aromatic carbocycles. The highest BCUT2D eigenvalue weighted by Crippen LogP contribution is 2.20. The summed E-state index contributed by atoms with van der Waals surface area (Å²) in [7, 11) is 0. The molecule has 0 fully saturated rings. The monoisotopic (exact) mass is 445 g/mol. The Balaban J connectivity index is 1.58. The summed E-state index contributed by atoms with van der Waals surface area (Å²) in [4.78, 5) is 24.5. The van der Waals surface area contributed by atoms with E-state index in [1.165, 1.54) is 48.2 Å². The summed E-state index contributed by atoms with van der Waals surface area (Å²) in [6.45, 7) is 4.35. The zero-order valence-corrected chi connectivity index (χ0v) is 17.8. The Labute approximate surface area is 182 Å². The zero-order chi connectivity index (χ0) is 22.4. The predicted molar refractivity (Wildman–Crippen MR) is 114 cm³/mol. The second kappa shape index (κ2) is 10.2. The van der Waals surface area contributed by atoms with Crippen molar-refractivity contribution in [3.05, 3.63) is 71.1 Å². The maximum Gasteiger partial charge on any atom is 0.251 e. The lowest BCUT2D eigenvalue weighted by molar-refractivity contribution is -0.113. The SMILES string of the molecule is CCn1c(CNC(=O)c2ccc(F)cc2)nnc1SCC(=O)Nc1cc(F)ccc1C. The number of carbonyl (C=O) groups excluding carboxylic acids is 2. The van der Waals surface area contributed by atoms with Crippen LogP contribution in [0.5, 0.6) is 0 Å². The van der Waals surface area contributed by atoms with Crippen molar-refractivity contribution < 1.29 is 18.4 Å². The molecule has 0 atom stereocenters. The number of nitrogens with one attached hydrogen (secondary N) is 2. The highest BCUT2D eigenvalue weighted by atomic mass is 32.2. The van der Waals surface area contributed by atoms with Crippen LogP contribution in [0.15, 0.2) is 47.6 Å². The van der Waals surface area contributed by atoms with E-state index in [1.807, 2.05) is 6.92 Å². The molecule has 0 aliphatic heterocycles. The number of hydrogen-bond donors (Lipinski definition) is 2. The highest BCUT2D eigenvalue weighted by Gasteiger charge is 2.15. The molecular formula is C21H21F2N5O2S. The number of benzene rings is 2. The molecule has 0 saturated carbocycles. The molecule has 0 aliphatic carbocycles. The topological polar surface area (TPSA) is 88.9 Å². The summed E-state index contributed by atoms with van der Waals surface area (Å²) in [6.07, 6.45) is 0. The van der Waals surface area contributed by atoms with Gasteiger partial charge >= 0.3 is 0 Å². The Kier molecular flexibility index (Phi) is 7.35. The lowest BCUT2D eigenvalue weighted by Gasteiger charge is -2.10. The molecule has 162 valence electrons. The summed E-state index contributed by atoms with van der Waals surface area (Å²) >= 11 is 1.19. The van der Waals surface area contributed by atoms with Crippen molar-refractivity contribution in [2.45, 2.75) is 32.1 Å². The van der Waals surface area contributed by atoms with Crippen LogP contribution < -0.4 is 10.6 Å². The van der Waals surface area contributed by atoms with E-state index in [4.69, 9.17) is 0 Å². The van der Waals surface area contributed by atoms with Gasteiger partial charge in [0.15, 0.2) is 11.0 Å². The Morgan fingerprint density at radius 1 is 1.06 bits per heavy atom. The van der Waals surface area contributed by atoms with Gasteiger partial charge in [0.05, 0.1) is 12.3 Å². The number of hydrogen-bond acceptors (Lipinski definition) is 5. The number of rotatable bonds is 8. The Morgan fingerprint density at radius 2 is 1.77 bits per heavy atom. The molecular weight excluding hydrogens is 424 g/mol. The lowest BCUT2D eigenvalue weighted by Crippen LogP contribution is -2.24. The molecule has 0 aliphatic rings. The summed E-state index contributed by atoms with van der Waals surface area (Å²) in [5.41, 5.74) is 1.52. The van der Waals surface area contributed by atoms with Crippen LogP contribution in [0.3, 0.4) is 0 Å². The molecule has 0 bridgehead atoms. The molecule has 1 aromatic heterocycles. The molecule has 0 saturated heterocycles. The van der Waals surface area contributed by atoms with Crippen LogP contribution in [0.25, 0.3) is 0 Å². The van der Waals surface area contributed by atoms with Crippen LogP contribution in [0.4, 0.5) is 14.5 Å². The van der Waals surface area contributed by atoms with E-state index < -0.39 is 11.6 Å². The molecule has 10 heteroatoms. The molecule has 31 heavy (non-hydrogen) atoms. The molecule has 3 aromatic rings. The van der Waals surface area contributed by atoms with E-state index in [0.29, 0.717) is 28.8 Å². The summed E-state index contributed by atoms with van der Waals surface area (Å²) in [5.74, 6) is -0.898. The molecule has 0 spiro atoms. The van der Waals surface area contributed by atoms with Crippen LogP contribution in [0.2, 0.25) is 0 Å². The normalized spacial score (nSPS) is 10.7. The number of carbonyl (C=O) groups is 2. The van der Waals surface area contributed by atoms with Crippen molar-refractivity contribution in [1.29, 1.82) is 0 Å². The average Bonchev–Trinajstić information content (AvgIpc) is 3.15. The van der Waals surface area contributed by atoms with Gasteiger partial charge < -0.3 is 15.2 Å². The fraction of sp³-hybridized carbons (Fsp3) is 0.238. The number of thioether (sulfide) groups is 1. The summed E-state index contributed by atoms with van der Waals surface area (Å²) in [6, 6.07) is 9.43. The smallest absolute Gasteiger partial charge is 0.251 e. The maximum atomic E-state index is 13.4. The van der Waals surface area contributed by atoms with Gasteiger partial charge in [0, 0.05) is 17.8 Å². The number of halogens is 2. The zero-order valence-electron chi connectivity index (χ0n) is 17.0. The van der Waals surface area contributed by atoms with Crippen molar-refractivity contribution in [2.24, 2.45) is 0 Å². The van der Waals surface area contributed by atoms with E-state index in [0.717, 1.165) is 5.56 Å². The molecule has 0 radical (unpaired) electrons. The first-order chi connectivity index (χ1) is 14.9. The first kappa shape index (κ1) is 22.4. The van der Waals surface area contributed by atoms with E-state index in [2.05, 4.69) is 20.8 Å². The Bertz CT molecular complexity index is 1090. The number of aromatic nitrogens is 3. The summed E-state index contributed by atoms with van der Waals surface area (Å²) in [5, 5.41) is 14.1. The number of amides is 2. The van der Waals surface area contributed by atoms with Gasteiger partial charge in [-0.05, 0) is 55.8 Å². The van der Waals surface area contributed by atoms with Gasteiger partial charge in [-0.1, -0.05) is 17.8 Å². The van der Waals surface area contributed by atoms with E-state index >= 15 is 0 Å². The van der Waals surface area contributed by atoms with Crippen molar-refractivity contribution in [2.75, 3.05) is 11.1 Å². The van der Waals surface area contributed by atoms with Crippen LogP contribution in [0.1, 0.15) is 28.7 Å². The summed E-state index contributed by atoms with van der Waals surface area (Å²) < 4.78 is 28.2. The Morgan fingerprint density at radius 3 is 2.48 bits per heavy atom. The Hall–Kier alpha value is -3.27. The molecule has 7 nitrogen and oxygen atoms in total. The van der Waals surface area contributed by atoms with Gasteiger partial charge in [0.2, 0.25) is 5.91 Å². The minimum Gasteiger partial charge on any atom is -0.345 e. The number of aryl methyl sites for hydroxylation is 1. The first-order valence-electron chi connectivity index (χ1n) is 9.52. The van der Waals surface area contributed by atoms with Crippen molar-refractivity contribution in [3.63, 3.8) is 0 Å². The van der Waals surface area contributed by atoms with Gasteiger partial charge in [0.1, 0.15) is 11.6 Å². The molecule has 2 amide bonds. The van der Waals surface area contributed by atoms with Crippen LogP contribution in [0, 0.1) is 18.6 Å². The third-order valence-electron chi connectivity index (χ3n) is 4.43. The van der Waals surface area contributed by atoms with Crippen LogP contribution in [-0.2, 0) is 17.9 Å². The molecule has 1 heterocycles. The molecule has 2 N–H and O–H groups in total. The maximum absolute atomic E-state index is 13.4. The van der Waals surface area contributed by atoms with E-state index in [-0.39, 0.29) is 24.1 Å². The molecule has 0 unspecified atom stereocenters. The minimum absolute atomic E-state index is 0.0655. The number of nitrogens with zero attached hydrogens (tertiary/aromatic N) is 3. The first-order valence-corrected chi connectivity index (χ1v) is 10.5. The second-order valence-electron chi connectivity index (χ2n) is 6.63. The van der Waals surface area contributed by atoms with Gasteiger partial charge in [0.25, 0.3) is 5.91 Å². The largest absolute Gasteiger partial charge is 0.345 e. The van der Waals surface area contributed by atoms with Gasteiger partial charge in [-0.25, -0.2) is 8.78 Å². The van der Waals surface area contributed by atoms with Gasteiger partial charge in [-0.3, -0.25) is 9.59 Å². The van der Waals surface area contributed by atoms with E-state index in [1.54, 1.807) is 17.6 Å².